The molecule has 7 heteroatoms. The smallest absolute Gasteiger partial charge is 0.149 e. The zero-order valence-electron chi connectivity index (χ0n) is 43.5. The number of rotatable bonds is 11. The fourth-order valence-corrected chi connectivity index (χ4v) is 11.8. The molecule has 14 rings (SSSR count). The van der Waals surface area contributed by atoms with Gasteiger partial charge in [0.1, 0.15) is 40.3 Å². The molecule has 0 amide bonds. The van der Waals surface area contributed by atoms with Gasteiger partial charge in [-0.15, -0.1) is 0 Å². The van der Waals surface area contributed by atoms with Gasteiger partial charge in [0, 0.05) is 58.4 Å². The quantitative estimate of drug-likeness (QED) is 0.102. The third-order valence-electron chi connectivity index (χ3n) is 15.6. The molecule has 0 spiro atoms. The van der Waals surface area contributed by atoms with Crippen LogP contribution in [0.15, 0.2) is 285 Å². The summed E-state index contributed by atoms with van der Waals surface area (Å²) in [5.41, 5.74) is 19.1. The Morgan fingerprint density at radius 1 is 0.235 bits per heavy atom. The lowest BCUT2D eigenvalue weighted by molar-refractivity contribution is -0.677. The summed E-state index contributed by atoms with van der Waals surface area (Å²) in [6.45, 7) is 0. The Hall–Kier alpha value is -10.3. The molecule has 13 aromatic carbocycles. The number of nitrogens with one attached hydrogen (secondary N) is 1. The van der Waals surface area contributed by atoms with Gasteiger partial charge in [0.05, 0.1) is 11.1 Å². The predicted molar refractivity (Wildman–Crippen MR) is 324 cm³/mol. The molecule has 0 unspecified atom stereocenters. The van der Waals surface area contributed by atoms with Gasteiger partial charge in [0.25, 0.3) is 0 Å². The number of hydrogen-bond donors (Lipinski definition) is 1. The summed E-state index contributed by atoms with van der Waals surface area (Å²) >= 11 is 0. The van der Waals surface area contributed by atoms with Crippen LogP contribution in [0.25, 0.3) is 77.2 Å². The third-order valence-corrected chi connectivity index (χ3v) is 15.6. The van der Waals surface area contributed by atoms with Crippen LogP contribution in [-0.4, -0.2) is 0 Å². The van der Waals surface area contributed by atoms with E-state index in [2.05, 4.69) is 164 Å². The Kier molecular flexibility index (Phi) is 12.4. The molecule has 1 N–H and O–H groups in total. The normalized spacial score (nSPS) is 11.9. The number of fused-ring (bicyclic) bond motifs is 5. The lowest BCUT2D eigenvalue weighted by atomic mass is 9.86. The highest BCUT2D eigenvalue weighted by molar-refractivity contribution is 6.21. The van der Waals surface area contributed by atoms with E-state index in [4.69, 9.17) is 0 Å². The van der Waals surface area contributed by atoms with Crippen molar-refractivity contribution < 1.29 is 22.5 Å². The van der Waals surface area contributed by atoms with Crippen LogP contribution in [0.2, 0.25) is 0 Å². The second-order valence-corrected chi connectivity index (χ2v) is 20.4. The van der Waals surface area contributed by atoms with Crippen molar-refractivity contribution in [2.75, 3.05) is 9.80 Å². The van der Waals surface area contributed by atoms with Crippen molar-refractivity contribution >= 4 is 72.7 Å². The van der Waals surface area contributed by atoms with Gasteiger partial charge in [0.15, 0.2) is 0 Å². The van der Waals surface area contributed by atoms with Crippen molar-refractivity contribution in [3.8, 4) is 55.6 Å². The molecule has 0 aromatic heterocycles. The highest BCUT2D eigenvalue weighted by Gasteiger charge is 2.34. The number of benzene rings is 13. The molecule has 1 aliphatic rings. The van der Waals surface area contributed by atoms with E-state index in [1.54, 1.807) is 48.5 Å². The van der Waals surface area contributed by atoms with E-state index in [0.29, 0.717) is 0 Å². The van der Waals surface area contributed by atoms with Gasteiger partial charge in [-0.05, 0) is 224 Å². The number of nitrogens with zero attached hydrogens (tertiary/aromatic N) is 2. The Morgan fingerprint density at radius 3 is 0.840 bits per heavy atom. The molecule has 0 atom stereocenters. The molecule has 0 aliphatic carbocycles. The van der Waals surface area contributed by atoms with E-state index < -0.39 is 0 Å². The van der Waals surface area contributed by atoms with Gasteiger partial charge in [-0.1, -0.05) is 103 Å². The summed E-state index contributed by atoms with van der Waals surface area (Å²) < 4.78 is 56.7. The second-order valence-electron chi connectivity index (χ2n) is 20.4. The first-order chi connectivity index (χ1) is 39.8. The van der Waals surface area contributed by atoms with Crippen LogP contribution < -0.4 is 14.7 Å². The van der Waals surface area contributed by atoms with Gasteiger partial charge in [-0.3, -0.25) is 0 Å². The van der Waals surface area contributed by atoms with E-state index in [0.717, 1.165) is 95.0 Å². The maximum absolute atomic E-state index is 14.2. The fourth-order valence-electron chi connectivity index (χ4n) is 11.8. The largest absolute Gasteiger partial charge is 0.310 e. The summed E-state index contributed by atoms with van der Waals surface area (Å²) in [5.74, 6) is -1.35. The summed E-state index contributed by atoms with van der Waals surface area (Å²) in [4.78, 5) is 5.11. The molecule has 386 valence electrons. The molecule has 3 nitrogen and oxygen atoms in total. The van der Waals surface area contributed by atoms with Crippen molar-refractivity contribution in [2.24, 2.45) is 0 Å². The van der Waals surface area contributed by atoms with Gasteiger partial charge < -0.3 is 9.80 Å². The van der Waals surface area contributed by atoms with E-state index in [1.165, 1.54) is 86.8 Å². The van der Waals surface area contributed by atoms with E-state index in [-0.39, 0.29) is 23.3 Å². The summed E-state index contributed by atoms with van der Waals surface area (Å²) in [5, 5.41) is 4.82. The molecule has 1 heterocycles. The molecular formula is C74H48F4N3+. The van der Waals surface area contributed by atoms with E-state index in [9.17, 15) is 17.6 Å². The molecule has 0 fully saturated rings. The second kappa shape index (κ2) is 20.5. The predicted octanol–water partition coefficient (Wildman–Crippen LogP) is 20.3. The first kappa shape index (κ1) is 49.0. The van der Waals surface area contributed by atoms with Crippen LogP contribution in [0.4, 0.5) is 68.7 Å². The average molecular weight is 1060 g/mol. The zero-order chi connectivity index (χ0) is 54.6. The number of quaternary nitrogens is 1. The van der Waals surface area contributed by atoms with Crippen molar-refractivity contribution in [3.05, 3.63) is 308 Å². The van der Waals surface area contributed by atoms with Crippen molar-refractivity contribution in [1.29, 1.82) is 0 Å². The van der Waals surface area contributed by atoms with Crippen LogP contribution in [0.1, 0.15) is 0 Å². The number of anilines is 6. The van der Waals surface area contributed by atoms with Crippen molar-refractivity contribution in [3.63, 3.8) is 0 Å². The Balaban J connectivity index is 0.864. The van der Waals surface area contributed by atoms with Crippen LogP contribution in [0.5, 0.6) is 0 Å². The molecule has 0 bridgehead atoms. The number of halogens is 4. The average Bonchev–Trinajstić information content (AvgIpc) is 4.13. The van der Waals surface area contributed by atoms with Crippen molar-refractivity contribution in [1.82, 2.24) is 0 Å². The first-order valence-electron chi connectivity index (χ1n) is 26.9. The number of hydrogen-bond acceptors (Lipinski definition) is 2. The lowest BCUT2D eigenvalue weighted by Gasteiger charge is -2.25. The van der Waals surface area contributed by atoms with Gasteiger partial charge in [0.2, 0.25) is 0 Å². The topological polar surface area (TPSA) is 10.9 Å². The molecule has 81 heavy (non-hydrogen) atoms. The fraction of sp³-hybridized carbons (Fsp3) is 0. The van der Waals surface area contributed by atoms with Gasteiger partial charge in [-0.25, -0.2) is 22.5 Å². The molecule has 0 saturated heterocycles. The van der Waals surface area contributed by atoms with Gasteiger partial charge >= 0.3 is 0 Å². The summed E-state index contributed by atoms with van der Waals surface area (Å²) in [6, 6.07) is 92.3. The van der Waals surface area contributed by atoms with Crippen LogP contribution in [0, 0.1) is 23.3 Å². The lowest BCUT2D eigenvalue weighted by Crippen LogP contribution is -2.95. The maximum atomic E-state index is 14.2. The highest BCUT2D eigenvalue weighted by Crippen LogP contribution is 2.47. The molecule has 1 aliphatic heterocycles. The summed E-state index contributed by atoms with van der Waals surface area (Å²) in [7, 11) is 0. The minimum absolute atomic E-state index is 0.338. The Bertz CT molecular complexity index is 4120. The first-order valence-corrected chi connectivity index (χ1v) is 26.9. The van der Waals surface area contributed by atoms with Crippen LogP contribution >= 0.6 is 0 Å². The summed E-state index contributed by atoms with van der Waals surface area (Å²) in [6.07, 6.45) is 0. The Labute approximate surface area is 466 Å². The molecule has 0 radical (unpaired) electrons. The SMILES string of the molecule is Fc1ccc(N(c2ccc(F)cc2)c2ccc(-c3ccc4c(c3)-c3cc(-c5ccc(N(c6ccc(F)cc6)c6ccc(F)cc6)cc5)ccc3[NH+]4c3ccc(-c4c5ccccc5c(-c5ccccc5)c5ccccc45)cc3)cc2)cc1. The molecule has 13 aromatic rings. The minimum Gasteiger partial charge on any atom is -0.310 e. The van der Waals surface area contributed by atoms with E-state index in [1.807, 2.05) is 34.1 Å². The van der Waals surface area contributed by atoms with Crippen LogP contribution in [0.3, 0.4) is 0 Å². The standard InChI is InChI=1S/C74H47F4N3/c75-54-22-36-60(37-23-54)79(61-38-24-55(76)25-39-61)58-30-14-48(15-31-58)52-20-44-71-69(46-52)70-47-53(49-16-32-59(33-17-49)80(62-40-26-56(77)27-41-62)63-42-28-57(78)29-43-63)21-45-72(70)81(71)64-34-18-51(19-35-64)74-67-12-6-4-10-65(67)73(50-8-2-1-3-9-50)66-11-5-7-13-68(66)74/h1-47H/p+1. The molecule has 0 saturated carbocycles. The maximum Gasteiger partial charge on any atom is 0.149 e. The van der Waals surface area contributed by atoms with Crippen LogP contribution in [-0.2, 0) is 0 Å². The monoisotopic (exact) mass is 1050 g/mol. The highest BCUT2D eigenvalue weighted by atomic mass is 19.1. The van der Waals surface area contributed by atoms with E-state index >= 15 is 0 Å². The van der Waals surface area contributed by atoms with Gasteiger partial charge in [-0.2, -0.15) is 0 Å². The Morgan fingerprint density at radius 2 is 0.506 bits per heavy atom. The minimum atomic E-state index is -0.338. The van der Waals surface area contributed by atoms with Crippen molar-refractivity contribution in [2.45, 2.75) is 0 Å². The molecular weight excluding hydrogens is 1010 g/mol. The third kappa shape index (κ3) is 9.06. The zero-order valence-corrected chi connectivity index (χ0v) is 43.5.